The molecule has 0 atom stereocenters. The summed E-state index contributed by atoms with van der Waals surface area (Å²) in [5.74, 6) is 0.539. The maximum Gasteiger partial charge on any atom is 0.256 e. The number of hydrogen-bond donors (Lipinski definition) is 3. The third-order valence-electron chi connectivity index (χ3n) is 4.37. The Balaban J connectivity index is 1.54. The number of aromatic nitrogens is 2. The fourth-order valence-electron chi connectivity index (χ4n) is 2.64. The van der Waals surface area contributed by atoms with E-state index in [1.807, 2.05) is 25.1 Å². The van der Waals surface area contributed by atoms with Gasteiger partial charge in [-0.25, -0.2) is 0 Å². The number of anilines is 2. The highest BCUT2D eigenvalue weighted by molar-refractivity contribution is 6.24. The Labute approximate surface area is 164 Å². The van der Waals surface area contributed by atoms with Crippen molar-refractivity contribution in [1.82, 2.24) is 15.1 Å². The van der Waals surface area contributed by atoms with Crippen LogP contribution in [0, 0.1) is 0 Å². The minimum absolute atomic E-state index is 0.198. The van der Waals surface area contributed by atoms with Crippen LogP contribution < -0.4 is 10.6 Å². The van der Waals surface area contributed by atoms with Gasteiger partial charge in [-0.2, -0.15) is 5.10 Å². The molecule has 1 aliphatic carbocycles. The van der Waals surface area contributed by atoms with E-state index in [0.717, 1.165) is 18.5 Å². The Hall–Kier alpha value is -3.19. The average molecular weight is 379 g/mol. The highest BCUT2D eigenvalue weighted by atomic mass is 16.2. The minimum atomic E-state index is -0.308. The summed E-state index contributed by atoms with van der Waals surface area (Å²) >= 11 is 0. The van der Waals surface area contributed by atoms with Gasteiger partial charge >= 0.3 is 0 Å². The molecule has 2 aromatic rings. The van der Waals surface area contributed by atoms with Gasteiger partial charge in [-0.3, -0.25) is 14.7 Å². The maximum absolute atomic E-state index is 12.4. The van der Waals surface area contributed by atoms with Gasteiger partial charge in [-0.15, -0.1) is 0 Å². The van der Waals surface area contributed by atoms with Crippen molar-refractivity contribution < 1.29 is 9.59 Å². The summed E-state index contributed by atoms with van der Waals surface area (Å²) in [6, 6.07) is 8.85. The second kappa shape index (κ2) is 8.67. The molecule has 7 heteroatoms. The van der Waals surface area contributed by atoms with E-state index in [4.69, 9.17) is 0 Å². The standard InChI is InChI=1S/C21H25N5O2/c1-14(21(28)23-19-13-18(24-25-19)16-6-7-16)15-8-10-17(11-9-15)22-20(27)5-4-12-26(2)3/h4-5,8-11,13,16H,1,6-7,12H2,2-3H3,(H,22,27)(H2,23,24,25,28)/b5-4+. The molecule has 0 radical (unpaired) electrons. The smallest absolute Gasteiger partial charge is 0.256 e. The largest absolute Gasteiger partial charge is 0.323 e. The zero-order chi connectivity index (χ0) is 20.1. The molecule has 1 aliphatic rings. The van der Waals surface area contributed by atoms with E-state index in [2.05, 4.69) is 27.4 Å². The number of hydrogen-bond acceptors (Lipinski definition) is 4. The molecular weight excluding hydrogens is 354 g/mol. The predicted octanol–water partition coefficient (Wildman–Crippen LogP) is 3.00. The molecule has 3 rings (SSSR count). The molecule has 1 fully saturated rings. The molecule has 146 valence electrons. The summed E-state index contributed by atoms with van der Waals surface area (Å²) in [5.41, 5.74) is 2.72. The van der Waals surface area contributed by atoms with Crippen molar-refractivity contribution >= 4 is 28.9 Å². The highest BCUT2D eigenvalue weighted by Gasteiger charge is 2.25. The van der Waals surface area contributed by atoms with Crippen LogP contribution in [0.5, 0.6) is 0 Å². The van der Waals surface area contributed by atoms with Crippen LogP contribution in [0.3, 0.4) is 0 Å². The first-order valence-corrected chi connectivity index (χ1v) is 9.20. The number of rotatable bonds is 8. The number of nitrogens with one attached hydrogen (secondary N) is 3. The normalized spacial score (nSPS) is 13.7. The fourth-order valence-corrected chi connectivity index (χ4v) is 2.64. The molecule has 1 saturated carbocycles. The minimum Gasteiger partial charge on any atom is -0.323 e. The lowest BCUT2D eigenvalue weighted by Crippen LogP contribution is -2.14. The van der Waals surface area contributed by atoms with Crippen molar-refractivity contribution in [2.75, 3.05) is 31.3 Å². The average Bonchev–Trinajstić information content (AvgIpc) is 3.41. The molecule has 0 saturated heterocycles. The van der Waals surface area contributed by atoms with Gasteiger partial charge in [0.1, 0.15) is 0 Å². The number of amides is 2. The first kappa shape index (κ1) is 19.6. The van der Waals surface area contributed by atoms with Gasteiger partial charge in [-0.05, 0) is 44.6 Å². The van der Waals surface area contributed by atoms with E-state index in [-0.39, 0.29) is 11.8 Å². The lowest BCUT2D eigenvalue weighted by Gasteiger charge is -2.08. The Morgan fingerprint density at radius 2 is 1.96 bits per heavy atom. The molecule has 0 unspecified atom stereocenters. The lowest BCUT2D eigenvalue weighted by atomic mass is 10.1. The van der Waals surface area contributed by atoms with Crippen LogP contribution in [0.25, 0.3) is 5.57 Å². The van der Waals surface area contributed by atoms with Crippen LogP contribution in [0.4, 0.5) is 11.5 Å². The summed E-state index contributed by atoms with van der Waals surface area (Å²) in [5, 5.41) is 12.6. The third-order valence-corrected chi connectivity index (χ3v) is 4.37. The van der Waals surface area contributed by atoms with Crippen molar-refractivity contribution in [3.8, 4) is 0 Å². The van der Waals surface area contributed by atoms with Gasteiger partial charge in [0.25, 0.3) is 5.91 Å². The topological polar surface area (TPSA) is 90.1 Å². The zero-order valence-electron chi connectivity index (χ0n) is 16.2. The molecule has 28 heavy (non-hydrogen) atoms. The number of aromatic amines is 1. The molecular formula is C21H25N5O2. The Morgan fingerprint density at radius 3 is 2.61 bits per heavy atom. The number of benzene rings is 1. The van der Waals surface area contributed by atoms with E-state index in [1.54, 1.807) is 30.3 Å². The van der Waals surface area contributed by atoms with Crippen LogP contribution in [-0.4, -0.2) is 47.6 Å². The molecule has 0 bridgehead atoms. The van der Waals surface area contributed by atoms with Crippen LogP contribution in [-0.2, 0) is 9.59 Å². The van der Waals surface area contributed by atoms with Gasteiger partial charge in [0.2, 0.25) is 5.91 Å². The molecule has 0 aliphatic heterocycles. The Kier molecular flexibility index (Phi) is 6.06. The van der Waals surface area contributed by atoms with E-state index in [1.165, 1.54) is 6.08 Å². The third kappa shape index (κ3) is 5.40. The summed E-state index contributed by atoms with van der Waals surface area (Å²) < 4.78 is 0. The van der Waals surface area contributed by atoms with Gasteiger partial charge in [0.05, 0.1) is 0 Å². The summed E-state index contributed by atoms with van der Waals surface area (Å²) in [4.78, 5) is 26.2. The Bertz CT molecular complexity index is 892. The van der Waals surface area contributed by atoms with E-state index >= 15 is 0 Å². The highest BCUT2D eigenvalue weighted by Crippen LogP contribution is 2.39. The van der Waals surface area contributed by atoms with E-state index in [0.29, 0.717) is 35.1 Å². The lowest BCUT2D eigenvalue weighted by molar-refractivity contribution is -0.112. The summed E-state index contributed by atoms with van der Waals surface area (Å²) in [6.07, 6.45) is 5.62. The maximum atomic E-state index is 12.4. The second-order valence-corrected chi connectivity index (χ2v) is 7.15. The van der Waals surface area contributed by atoms with Crippen molar-refractivity contribution in [1.29, 1.82) is 0 Å². The van der Waals surface area contributed by atoms with Gasteiger partial charge in [0.15, 0.2) is 5.82 Å². The number of carbonyl (C=O) groups is 2. The van der Waals surface area contributed by atoms with Crippen LogP contribution >= 0.6 is 0 Å². The summed E-state index contributed by atoms with van der Waals surface area (Å²) in [7, 11) is 3.87. The van der Waals surface area contributed by atoms with Crippen molar-refractivity contribution in [3.05, 3.63) is 60.3 Å². The molecule has 7 nitrogen and oxygen atoms in total. The first-order chi connectivity index (χ1) is 13.4. The van der Waals surface area contributed by atoms with Crippen LogP contribution in [0.1, 0.15) is 30.0 Å². The van der Waals surface area contributed by atoms with E-state index < -0.39 is 0 Å². The molecule has 3 N–H and O–H groups in total. The molecule has 1 heterocycles. The fraction of sp³-hybridized carbons (Fsp3) is 0.286. The van der Waals surface area contributed by atoms with E-state index in [9.17, 15) is 9.59 Å². The SMILES string of the molecule is C=C(C(=O)Nc1cc(C2CC2)[nH]n1)c1ccc(NC(=O)/C=C/CN(C)C)cc1. The number of H-pyrrole nitrogens is 1. The molecule has 1 aromatic heterocycles. The quantitative estimate of drug-likeness (QED) is 0.615. The second-order valence-electron chi connectivity index (χ2n) is 7.15. The number of nitrogens with zero attached hydrogens (tertiary/aromatic N) is 2. The van der Waals surface area contributed by atoms with Crippen molar-refractivity contribution in [2.45, 2.75) is 18.8 Å². The number of carbonyl (C=O) groups excluding carboxylic acids is 2. The van der Waals surface area contributed by atoms with Gasteiger partial charge < -0.3 is 15.5 Å². The molecule has 1 aromatic carbocycles. The number of likely N-dealkylation sites (N-methyl/N-ethyl adjacent to an activating group) is 1. The molecule has 2 amide bonds. The molecule has 0 spiro atoms. The zero-order valence-corrected chi connectivity index (χ0v) is 16.2. The van der Waals surface area contributed by atoms with Crippen molar-refractivity contribution in [2.24, 2.45) is 0 Å². The summed E-state index contributed by atoms with van der Waals surface area (Å²) in [6.45, 7) is 4.56. The van der Waals surface area contributed by atoms with Crippen molar-refractivity contribution in [3.63, 3.8) is 0 Å². The van der Waals surface area contributed by atoms with Crippen LogP contribution in [0.15, 0.2) is 49.1 Å². The van der Waals surface area contributed by atoms with Gasteiger partial charge in [-0.1, -0.05) is 24.8 Å². The Morgan fingerprint density at radius 1 is 1.25 bits per heavy atom. The van der Waals surface area contributed by atoms with Gasteiger partial charge in [0, 0.05) is 41.6 Å². The predicted molar refractivity (Wildman–Crippen MR) is 111 cm³/mol. The first-order valence-electron chi connectivity index (χ1n) is 9.20. The monoisotopic (exact) mass is 379 g/mol. The van der Waals surface area contributed by atoms with Crippen LogP contribution in [0.2, 0.25) is 0 Å².